The molecule has 5 rings (SSSR count). The van der Waals surface area contributed by atoms with Crippen LogP contribution in [-0.4, -0.2) is 5.91 Å². The molecular formula is C32H29F2NO2. The topological polar surface area (TPSA) is 29.5 Å². The van der Waals surface area contributed by atoms with Crippen LogP contribution >= 0.6 is 0 Å². The van der Waals surface area contributed by atoms with Crippen molar-refractivity contribution >= 4 is 11.6 Å². The molecule has 1 heterocycles. The van der Waals surface area contributed by atoms with Gasteiger partial charge in [0.15, 0.2) is 0 Å². The van der Waals surface area contributed by atoms with Crippen LogP contribution in [0.1, 0.15) is 48.4 Å². The third kappa shape index (κ3) is 5.56. The second-order valence-corrected chi connectivity index (χ2v) is 9.61. The Balaban J connectivity index is 1.32. The lowest BCUT2D eigenvalue weighted by atomic mass is 9.77. The molecule has 0 saturated carbocycles. The summed E-state index contributed by atoms with van der Waals surface area (Å²) in [5.74, 6) is 0.210. The lowest BCUT2D eigenvalue weighted by Crippen LogP contribution is -2.55. The first-order valence-corrected chi connectivity index (χ1v) is 12.6. The first-order valence-electron chi connectivity index (χ1n) is 12.6. The number of anilines is 1. The average Bonchev–Trinajstić information content (AvgIpc) is 2.93. The fourth-order valence-electron chi connectivity index (χ4n) is 4.99. The van der Waals surface area contributed by atoms with E-state index in [1.165, 1.54) is 24.3 Å². The third-order valence-electron chi connectivity index (χ3n) is 7.14. The van der Waals surface area contributed by atoms with E-state index in [2.05, 4.69) is 6.92 Å². The van der Waals surface area contributed by atoms with Crippen molar-refractivity contribution in [2.24, 2.45) is 5.92 Å². The van der Waals surface area contributed by atoms with E-state index in [9.17, 15) is 13.6 Å². The van der Waals surface area contributed by atoms with E-state index in [1.807, 2.05) is 54.6 Å². The summed E-state index contributed by atoms with van der Waals surface area (Å²) in [5, 5.41) is 0. The van der Waals surface area contributed by atoms with Crippen molar-refractivity contribution in [2.75, 3.05) is 4.90 Å². The minimum atomic E-state index is -0.335. The summed E-state index contributed by atoms with van der Waals surface area (Å²) in [6, 6.07) is 30.3. The van der Waals surface area contributed by atoms with Gasteiger partial charge in [0.1, 0.15) is 24.0 Å². The van der Waals surface area contributed by atoms with Crippen LogP contribution in [0.5, 0.6) is 5.75 Å². The minimum Gasteiger partial charge on any atom is -0.489 e. The van der Waals surface area contributed by atoms with Crippen LogP contribution in [0.2, 0.25) is 0 Å². The van der Waals surface area contributed by atoms with Crippen molar-refractivity contribution in [2.45, 2.75) is 38.3 Å². The van der Waals surface area contributed by atoms with Crippen molar-refractivity contribution in [1.82, 2.24) is 0 Å². The lowest BCUT2D eigenvalue weighted by molar-refractivity contribution is -0.130. The van der Waals surface area contributed by atoms with E-state index in [0.717, 1.165) is 28.9 Å². The molecule has 188 valence electrons. The molecule has 3 atom stereocenters. The molecule has 0 N–H and O–H groups in total. The van der Waals surface area contributed by atoms with Crippen molar-refractivity contribution in [3.63, 3.8) is 0 Å². The van der Waals surface area contributed by atoms with Gasteiger partial charge in [-0.05, 0) is 84.0 Å². The first-order chi connectivity index (χ1) is 18.0. The summed E-state index contributed by atoms with van der Waals surface area (Å²) in [7, 11) is 0. The lowest BCUT2D eigenvalue weighted by Gasteiger charge is -2.48. The predicted molar refractivity (Wildman–Crippen MR) is 141 cm³/mol. The number of rotatable bonds is 9. The molecule has 1 fully saturated rings. The molecule has 4 aromatic rings. The Labute approximate surface area is 216 Å². The Morgan fingerprint density at radius 1 is 0.811 bits per heavy atom. The second kappa shape index (κ2) is 11.0. The molecule has 4 aromatic carbocycles. The van der Waals surface area contributed by atoms with Gasteiger partial charge < -0.3 is 9.64 Å². The van der Waals surface area contributed by atoms with Crippen LogP contribution < -0.4 is 9.64 Å². The van der Waals surface area contributed by atoms with Crippen LogP contribution in [0.4, 0.5) is 14.5 Å². The zero-order chi connectivity index (χ0) is 25.8. The summed E-state index contributed by atoms with van der Waals surface area (Å²) in [6.07, 6.45) is 1.50. The molecule has 0 radical (unpaired) electrons. The molecule has 3 nitrogen and oxygen atoms in total. The molecule has 0 aromatic heterocycles. The highest BCUT2D eigenvalue weighted by Gasteiger charge is 2.48. The quantitative estimate of drug-likeness (QED) is 0.221. The SMILES string of the molecule is C[C@@H](CC[C@H]1C(=O)N(c2ccc(F)cc2)[C@@H]1c1ccc(OCc2ccccc2)cc1)c1ccc(F)cc1. The van der Waals surface area contributed by atoms with E-state index >= 15 is 0 Å². The molecule has 1 aliphatic rings. The second-order valence-electron chi connectivity index (χ2n) is 9.61. The Hall–Kier alpha value is -3.99. The van der Waals surface area contributed by atoms with E-state index in [4.69, 9.17) is 4.74 Å². The minimum absolute atomic E-state index is 0.0346. The maximum Gasteiger partial charge on any atom is 0.233 e. The van der Waals surface area contributed by atoms with Crippen molar-refractivity contribution < 1.29 is 18.3 Å². The number of nitrogens with zero attached hydrogens (tertiary/aromatic N) is 1. The Bertz CT molecular complexity index is 1320. The molecule has 5 heteroatoms. The van der Waals surface area contributed by atoms with E-state index in [1.54, 1.807) is 29.2 Å². The molecule has 0 spiro atoms. The number of hydrogen-bond acceptors (Lipinski definition) is 2. The van der Waals surface area contributed by atoms with E-state index in [-0.39, 0.29) is 35.4 Å². The number of hydrogen-bond donors (Lipinski definition) is 0. The highest BCUT2D eigenvalue weighted by molar-refractivity contribution is 6.03. The van der Waals surface area contributed by atoms with Crippen LogP contribution in [0.3, 0.4) is 0 Å². The van der Waals surface area contributed by atoms with Gasteiger partial charge in [-0.1, -0.05) is 61.5 Å². The van der Waals surface area contributed by atoms with Gasteiger partial charge in [-0.2, -0.15) is 0 Å². The summed E-state index contributed by atoms with van der Waals surface area (Å²) in [4.78, 5) is 15.1. The van der Waals surface area contributed by atoms with Gasteiger partial charge in [-0.25, -0.2) is 8.78 Å². The summed E-state index contributed by atoms with van der Waals surface area (Å²) < 4.78 is 32.8. The van der Waals surface area contributed by atoms with Crippen molar-refractivity contribution in [1.29, 1.82) is 0 Å². The van der Waals surface area contributed by atoms with Gasteiger partial charge in [-0.15, -0.1) is 0 Å². The zero-order valence-corrected chi connectivity index (χ0v) is 20.7. The number of benzene rings is 4. The largest absolute Gasteiger partial charge is 0.489 e. The van der Waals surface area contributed by atoms with Gasteiger partial charge >= 0.3 is 0 Å². The molecule has 0 bridgehead atoms. The van der Waals surface area contributed by atoms with Gasteiger partial charge in [0.2, 0.25) is 5.91 Å². The van der Waals surface area contributed by atoms with E-state index in [0.29, 0.717) is 18.7 Å². The molecule has 37 heavy (non-hydrogen) atoms. The van der Waals surface area contributed by atoms with Gasteiger partial charge in [0, 0.05) is 5.69 Å². The third-order valence-corrected chi connectivity index (χ3v) is 7.14. The summed E-state index contributed by atoms with van der Waals surface area (Å²) in [5.41, 5.74) is 3.84. The molecule has 0 unspecified atom stereocenters. The summed E-state index contributed by atoms with van der Waals surface area (Å²) in [6.45, 7) is 2.58. The van der Waals surface area contributed by atoms with Gasteiger partial charge in [0.25, 0.3) is 0 Å². The van der Waals surface area contributed by atoms with Crippen LogP contribution in [0.25, 0.3) is 0 Å². The Morgan fingerprint density at radius 2 is 1.43 bits per heavy atom. The standard InChI is InChI=1S/C32H29F2NO2/c1-22(24-8-12-26(33)13-9-24)7-20-30-31(35(32(30)36)28-16-14-27(34)15-17-28)25-10-18-29(19-11-25)37-21-23-5-3-2-4-6-23/h2-6,8-19,22,30-31H,7,20-21H2,1H3/t22-,30+,31+/m0/s1. The number of amides is 1. The molecule has 0 aliphatic carbocycles. The van der Waals surface area contributed by atoms with Crippen LogP contribution in [-0.2, 0) is 11.4 Å². The highest BCUT2D eigenvalue weighted by atomic mass is 19.1. The maximum atomic E-state index is 13.6. The van der Waals surface area contributed by atoms with Gasteiger partial charge in [-0.3, -0.25) is 4.79 Å². The smallest absolute Gasteiger partial charge is 0.233 e. The molecule has 1 aliphatic heterocycles. The highest BCUT2D eigenvalue weighted by Crippen LogP contribution is 2.46. The average molecular weight is 498 g/mol. The maximum absolute atomic E-state index is 13.6. The van der Waals surface area contributed by atoms with Crippen LogP contribution in [0.15, 0.2) is 103 Å². The molecule has 1 amide bonds. The fraction of sp³-hybridized carbons (Fsp3) is 0.219. The number of carbonyl (C=O) groups is 1. The Morgan fingerprint density at radius 3 is 2.08 bits per heavy atom. The Kier molecular flexibility index (Phi) is 7.31. The first kappa shape index (κ1) is 24.7. The number of halogens is 2. The zero-order valence-electron chi connectivity index (χ0n) is 20.7. The molecular weight excluding hydrogens is 468 g/mol. The summed E-state index contributed by atoms with van der Waals surface area (Å²) >= 11 is 0. The number of β-lactam (4-membered cyclic amide) rings is 1. The fourth-order valence-corrected chi connectivity index (χ4v) is 4.99. The number of carbonyl (C=O) groups excluding carboxylic acids is 1. The van der Waals surface area contributed by atoms with Gasteiger partial charge in [0.05, 0.1) is 12.0 Å². The van der Waals surface area contributed by atoms with Crippen LogP contribution in [0, 0.1) is 17.6 Å². The monoisotopic (exact) mass is 497 g/mol. The molecule has 1 saturated heterocycles. The number of ether oxygens (including phenoxy) is 1. The predicted octanol–water partition coefficient (Wildman–Crippen LogP) is 7.83. The van der Waals surface area contributed by atoms with Crippen molar-refractivity contribution in [3.05, 3.63) is 131 Å². The normalized spacial score (nSPS) is 17.8. The van der Waals surface area contributed by atoms with E-state index < -0.39 is 0 Å². The van der Waals surface area contributed by atoms with Crippen molar-refractivity contribution in [3.8, 4) is 5.75 Å².